The van der Waals surface area contributed by atoms with Crippen LogP contribution in [0.15, 0.2) is 24.3 Å². The molecule has 0 aromatic heterocycles. The summed E-state index contributed by atoms with van der Waals surface area (Å²) in [5.74, 6) is -0.457. The maximum atomic E-state index is 12.9. The Bertz CT molecular complexity index is 661. The molecule has 3 atom stereocenters. The third-order valence-electron chi connectivity index (χ3n) is 5.71. The van der Waals surface area contributed by atoms with Crippen LogP contribution in [0, 0.1) is 11.7 Å². The van der Waals surface area contributed by atoms with E-state index in [-0.39, 0.29) is 42.3 Å². The smallest absolute Gasteiger partial charge is 0.251 e. The summed E-state index contributed by atoms with van der Waals surface area (Å²) in [7, 11) is 0. The zero-order chi connectivity index (χ0) is 19.9. The van der Waals surface area contributed by atoms with Crippen LogP contribution in [0.25, 0.3) is 0 Å². The topological polar surface area (TPSA) is 87.7 Å². The van der Waals surface area contributed by atoms with Crippen LogP contribution < -0.4 is 10.6 Å². The number of aliphatic hydroxyl groups is 1. The summed E-state index contributed by atoms with van der Waals surface area (Å²) in [6.45, 7) is 0.284. The molecule has 3 N–H and O–H groups in total. The molecule has 2 aliphatic rings. The number of rotatable bonds is 7. The van der Waals surface area contributed by atoms with Crippen molar-refractivity contribution in [1.29, 1.82) is 0 Å². The van der Waals surface area contributed by atoms with Gasteiger partial charge in [-0.1, -0.05) is 12.8 Å². The summed E-state index contributed by atoms with van der Waals surface area (Å²) in [5.41, 5.74) is 0.411. The van der Waals surface area contributed by atoms with E-state index in [1.54, 1.807) is 0 Å². The van der Waals surface area contributed by atoms with Crippen molar-refractivity contribution >= 4 is 11.8 Å². The van der Waals surface area contributed by atoms with E-state index in [0.29, 0.717) is 18.5 Å². The zero-order valence-electron chi connectivity index (χ0n) is 16.0. The molecular formula is C21H29FN2O4. The highest BCUT2D eigenvalue weighted by Crippen LogP contribution is 2.26. The molecule has 0 spiro atoms. The van der Waals surface area contributed by atoms with Crippen LogP contribution in [0.1, 0.15) is 55.3 Å². The summed E-state index contributed by atoms with van der Waals surface area (Å²) >= 11 is 0. The van der Waals surface area contributed by atoms with Crippen LogP contribution in [0.4, 0.5) is 4.39 Å². The number of carbonyl (C=O) groups excluding carboxylic acids is 2. The van der Waals surface area contributed by atoms with Gasteiger partial charge in [-0.3, -0.25) is 9.59 Å². The third kappa shape index (κ3) is 5.52. The predicted molar refractivity (Wildman–Crippen MR) is 102 cm³/mol. The highest BCUT2D eigenvalue weighted by atomic mass is 19.1. The first-order valence-corrected chi connectivity index (χ1v) is 10.2. The van der Waals surface area contributed by atoms with E-state index in [1.165, 1.54) is 24.3 Å². The maximum Gasteiger partial charge on any atom is 0.251 e. The number of benzene rings is 1. The largest absolute Gasteiger partial charge is 0.394 e. The Morgan fingerprint density at radius 1 is 1.11 bits per heavy atom. The first kappa shape index (κ1) is 20.7. The lowest BCUT2D eigenvalue weighted by atomic mass is 9.96. The molecule has 1 saturated carbocycles. The first-order chi connectivity index (χ1) is 13.6. The molecule has 6 nitrogen and oxygen atoms in total. The fourth-order valence-electron chi connectivity index (χ4n) is 4.05. The van der Waals surface area contributed by atoms with Gasteiger partial charge in [0.05, 0.1) is 18.8 Å². The van der Waals surface area contributed by atoms with Gasteiger partial charge in [-0.05, 0) is 56.4 Å². The molecule has 7 heteroatoms. The minimum atomic E-state index is -0.420. The second kappa shape index (κ2) is 9.98. The highest BCUT2D eigenvalue weighted by Gasteiger charge is 2.33. The Morgan fingerprint density at radius 3 is 2.50 bits per heavy atom. The van der Waals surface area contributed by atoms with Crippen LogP contribution in [-0.2, 0) is 9.53 Å². The van der Waals surface area contributed by atoms with Crippen LogP contribution in [0.2, 0.25) is 0 Å². The molecular weight excluding hydrogens is 363 g/mol. The molecule has 2 fully saturated rings. The Hall–Kier alpha value is -1.99. The van der Waals surface area contributed by atoms with Crippen molar-refractivity contribution < 1.29 is 23.8 Å². The van der Waals surface area contributed by atoms with Crippen molar-refractivity contribution in [3.63, 3.8) is 0 Å². The van der Waals surface area contributed by atoms with Gasteiger partial charge in [-0.25, -0.2) is 4.39 Å². The normalized spacial score (nSPS) is 25.4. The molecule has 1 aromatic rings. The molecule has 1 aromatic carbocycles. The van der Waals surface area contributed by atoms with E-state index in [2.05, 4.69) is 10.6 Å². The van der Waals surface area contributed by atoms with Crippen molar-refractivity contribution in [3.8, 4) is 0 Å². The number of aliphatic hydroxyl groups excluding tert-OH is 1. The van der Waals surface area contributed by atoms with Crippen molar-refractivity contribution in [2.75, 3.05) is 13.2 Å². The molecule has 0 radical (unpaired) electrons. The highest BCUT2D eigenvalue weighted by molar-refractivity contribution is 5.94. The first-order valence-electron chi connectivity index (χ1n) is 10.2. The van der Waals surface area contributed by atoms with E-state index < -0.39 is 6.10 Å². The van der Waals surface area contributed by atoms with E-state index >= 15 is 0 Å². The molecule has 0 unspecified atom stereocenters. The fraction of sp³-hybridized carbons (Fsp3) is 0.619. The van der Waals surface area contributed by atoms with E-state index in [0.717, 1.165) is 38.5 Å². The van der Waals surface area contributed by atoms with Gasteiger partial charge in [0.2, 0.25) is 5.91 Å². The average Bonchev–Trinajstić information content (AvgIpc) is 3.24. The van der Waals surface area contributed by atoms with Crippen molar-refractivity contribution in [1.82, 2.24) is 10.6 Å². The molecule has 0 bridgehead atoms. The van der Waals surface area contributed by atoms with Crippen molar-refractivity contribution in [2.24, 2.45) is 5.92 Å². The third-order valence-corrected chi connectivity index (χ3v) is 5.71. The Kier molecular flexibility index (Phi) is 7.39. The number of nitrogens with one attached hydrogen (secondary N) is 2. The Balaban J connectivity index is 1.41. The Labute approximate surface area is 164 Å². The van der Waals surface area contributed by atoms with Crippen LogP contribution in [0.3, 0.4) is 0 Å². The van der Waals surface area contributed by atoms with Gasteiger partial charge in [0.15, 0.2) is 0 Å². The lowest BCUT2D eigenvalue weighted by molar-refractivity contribution is -0.131. The van der Waals surface area contributed by atoms with Crippen molar-refractivity contribution in [3.05, 3.63) is 35.6 Å². The number of halogens is 1. The molecule has 1 heterocycles. The standard InChI is InChI=1S/C21H29FN2O4/c22-16-7-5-15(6-8-16)20(26)23-12-11-17-9-10-18(19(13-25)28-17)24-21(27)14-3-1-2-4-14/h5-8,14,17-19,25H,1-4,9-13H2,(H,23,26)(H,24,27)/t17-,18+,19+/m0/s1. The number of hydrogen-bond donors (Lipinski definition) is 3. The molecule has 1 saturated heterocycles. The van der Waals surface area contributed by atoms with Crippen LogP contribution >= 0.6 is 0 Å². The Morgan fingerprint density at radius 2 is 1.82 bits per heavy atom. The molecule has 2 amide bonds. The average molecular weight is 392 g/mol. The van der Waals surface area contributed by atoms with Gasteiger partial charge < -0.3 is 20.5 Å². The predicted octanol–water partition coefficient (Wildman–Crippen LogP) is 2.16. The van der Waals surface area contributed by atoms with Crippen LogP contribution in [-0.4, -0.2) is 48.3 Å². The van der Waals surface area contributed by atoms with Gasteiger partial charge in [-0.2, -0.15) is 0 Å². The minimum absolute atomic E-state index is 0.0783. The molecule has 28 heavy (non-hydrogen) atoms. The quantitative estimate of drug-likeness (QED) is 0.664. The second-order valence-electron chi connectivity index (χ2n) is 7.70. The SMILES string of the molecule is O=C(NCC[C@@H]1CC[C@@H](NC(=O)C2CCCC2)[C@@H](CO)O1)c1ccc(F)cc1. The number of amides is 2. The summed E-state index contributed by atoms with van der Waals surface area (Å²) in [6, 6.07) is 5.24. The minimum Gasteiger partial charge on any atom is -0.394 e. The van der Waals surface area contributed by atoms with Gasteiger partial charge in [0, 0.05) is 18.0 Å². The summed E-state index contributed by atoms with van der Waals surface area (Å²) in [5, 5.41) is 15.5. The van der Waals surface area contributed by atoms with Gasteiger partial charge >= 0.3 is 0 Å². The molecule has 154 valence electrons. The van der Waals surface area contributed by atoms with E-state index in [4.69, 9.17) is 4.74 Å². The van der Waals surface area contributed by atoms with Gasteiger partial charge in [0.1, 0.15) is 11.9 Å². The van der Waals surface area contributed by atoms with Crippen LogP contribution in [0.5, 0.6) is 0 Å². The number of carbonyl (C=O) groups is 2. The van der Waals surface area contributed by atoms with E-state index in [1.807, 2.05) is 0 Å². The fourth-order valence-corrected chi connectivity index (χ4v) is 4.05. The summed E-state index contributed by atoms with van der Waals surface area (Å²) < 4.78 is 18.9. The lowest BCUT2D eigenvalue weighted by Crippen LogP contribution is -2.52. The maximum absolute atomic E-state index is 12.9. The monoisotopic (exact) mass is 392 g/mol. The number of hydrogen-bond acceptors (Lipinski definition) is 4. The van der Waals surface area contributed by atoms with E-state index in [9.17, 15) is 19.1 Å². The second-order valence-corrected chi connectivity index (χ2v) is 7.70. The molecule has 3 rings (SSSR count). The van der Waals surface area contributed by atoms with Crippen molar-refractivity contribution in [2.45, 2.75) is 63.2 Å². The summed E-state index contributed by atoms with van der Waals surface area (Å²) in [6.07, 6.45) is 5.73. The number of ether oxygens (including phenoxy) is 1. The van der Waals surface area contributed by atoms with Gasteiger partial charge in [-0.15, -0.1) is 0 Å². The zero-order valence-corrected chi connectivity index (χ0v) is 16.0. The summed E-state index contributed by atoms with van der Waals surface area (Å²) in [4.78, 5) is 24.4. The van der Waals surface area contributed by atoms with Gasteiger partial charge in [0.25, 0.3) is 5.91 Å². The lowest BCUT2D eigenvalue weighted by Gasteiger charge is -2.36. The molecule has 1 aliphatic heterocycles. The molecule has 1 aliphatic carbocycles.